The standard InChI is InChI=1S/C12H22N2O3/c1-9(4-2-5-10(15)16)14-11(17)12(8-13)6-3-7-12/h9H,2-8,13H2,1H3,(H,14,17)(H,15,16). The maximum absolute atomic E-state index is 12.0. The minimum absolute atomic E-state index is 0.0193. The zero-order chi connectivity index (χ0) is 12.9. The van der Waals surface area contributed by atoms with Crippen LogP contribution < -0.4 is 11.1 Å². The van der Waals surface area contributed by atoms with Gasteiger partial charge in [-0.3, -0.25) is 9.59 Å². The monoisotopic (exact) mass is 242 g/mol. The van der Waals surface area contributed by atoms with Crippen LogP contribution in [0.15, 0.2) is 0 Å². The Morgan fingerprint density at radius 2 is 2.12 bits per heavy atom. The number of carboxylic acids is 1. The molecule has 0 spiro atoms. The van der Waals surface area contributed by atoms with Gasteiger partial charge in [-0.2, -0.15) is 0 Å². The Balaban J connectivity index is 2.28. The third-order valence-corrected chi connectivity index (χ3v) is 3.59. The molecular weight excluding hydrogens is 220 g/mol. The predicted molar refractivity (Wildman–Crippen MR) is 64.4 cm³/mol. The number of nitrogens with two attached hydrogens (primary N) is 1. The lowest BCUT2D eigenvalue weighted by molar-refractivity contribution is -0.137. The molecular formula is C12H22N2O3. The molecule has 0 aromatic heterocycles. The van der Waals surface area contributed by atoms with Crippen molar-refractivity contribution < 1.29 is 14.7 Å². The van der Waals surface area contributed by atoms with Gasteiger partial charge in [-0.25, -0.2) is 0 Å². The smallest absolute Gasteiger partial charge is 0.303 e. The minimum atomic E-state index is -0.791. The number of hydrogen-bond donors (Lipinski definition) is 3. The quantitative estimate of drug-likeness (QED) is 0.617. The average molecular weight is 242 g/mol. The second-order valence-electron chi connectivity index (χ2n) is 5.00. The fourth-order valence-corrected chi connectivity index (χ4v) is 2.14. The van der Waals surface area contributed by atoms with Gasteiger partial charge in [0.2, 0.25) is 5.91 Å². The first kappa shape index (κ1) is 14.0. The molecule has 17 heavy (non-hydrogen) atoms. The molecule has 4 N–H and O–H groups in total. The summed E-state index contributed by atoms with van der Waals surface area (Å²) in [6.07, 6.45) is 4.25. The molecule has 0 radical (unpaired) electrons. The first-order chi connectivity index (χ1) is 8.00. The Morgan fingerprint density at radius 1 is 1.47 bits per heavy atom. The molecule has 1 rings (SSSR count). The summed E-state index contributed by atoms with van der Waals surface area (Å²) in [4.78, 5) is 22.3. The van der Waals surface area contributed by atoms with Crippen LogP contribution in [0.5, 0.6) is 0 Å². The molecule has 0 bridgehead atoms. The predicted octanol–water partition coefficient (Wildman–Crippen LogP) is 0.875. The van der Waals surface area contributed by atoms with Gasteiger partial charge in [-0.15, -0.1) is 0 Å². The van der Waals surface area contributed by atoms with E-state index in [9.17, 15) is 9.59 Å². The normalized spacial score (nSPS) is 19.2. The molecule has 1 fully saturated rings. The third-order valence-electron chi connectivity index (χ3n) is 3.59. The van der Waals surface area contributed by atoms with E-state index in [0.717, 1.165) is 19.3 Å². The molecule has 1 aliphatic rings. The molecule has 0 saturated heterocycles. The van der Waals surface area contributed by atoms with Gasteiger partial charge in [0.15, 0.2) is 0 Å². The van der Waals surface area contributed by atoms with E-state index >= 15 is 0 Å². The van der Waals surface area contributed by atoms with Crippen LogP contribution in [0.25, 0.3) is 0 Å². The van der Waals surface area contributed by atoms with Crippen LogP contribution in [0.1, 0.15) is 45.4 Å². The summed E-state index contributed by atoms with van der Waals surface area (Å²) in [5, 5.41) is 11.5. The Hall–Kier alpha value is -1.10. The van der Waals surface area contributed by atoms with Crippen molar-refractivity contribution in [2.45, 2.75) is 51.5 Å². The SMILES string of the molecule is CC(CCCC(=O)O)NC(=O)C1(CN)CCC1. The van der Waals surface area contributed by atoms with Crippen molar-refractivity contribution in [1.82, 2.24) is 5.32 Å². The molecule has 0 aliphatic heterocycles. The van der Waals surface area contributed by atoms with Crippen molar-refractivity contribution in [1.29, 1.82) is 0 Å². The maximum atomic E-state index is 12.0. The molecule has 5 heteroatoms. The van der Waals surface area contributed by atoms with E-state index in [-0.39, 0.29) is 23.8 Å². The Labute approximate surface area is 102 Å². The summed E-state index contributed by atoms with van der Waals surface area (Å²) in [5.74, 6) is -0.755. The van der Waals surface area contributed by atoms with Gasteiger partial charge < -0.3 is 16.2 Å². The number of rotatable bonds is 7. The average Bonchev–Trinajstić information content (AvgIpc) is 2.15. The van der Waals surface area contributed by atoms with Crippen LogP contribution in [-0.2, 0) is 9.59 Å². The van der Waals surface area contributed by atoms with Crippen molar-refractivity contribution in [3.8, 4) is 0 Å². The fourth-order valence-electron chi connectivity index (χ4n) is 2.14. The van der Waals surface area contributed by atoms with Crippen LogP contribution in [0.2, 0.25) is 0 Å². The van der Waals surface area contributed by atoms with E-state index in [1.54, 1.807) is 0 Å². The number of carbonyl (C=O) groups excluding carboxylic acids is 1. The summed E-state index contributed by atoms with van der Waals surface area (Å²) in [5.41, 5.74) is 5.30. The highest BCUT2D eigenvalue weighted by molar-refractivity contribution is 5.84. The molecule has 1 saturated carbocycles. The van der Waals surface area contributed by atoms with Crippen molar-refractivity contribution in [2.24, 2.45) is 11.1 Å². The molecule has 1 aliphatic carbocycles. The summed E-state index contributed by atoms with van der Waals surface area (Å²) < 4.78 is 0. The number of nitrogens with one attached hydrogen (secondary N) is 1. The van der Waals surface area contributed by atoms with E-state index in [2.05, 4.69) is 5.32 Å². The molecule has 0 aromatic rings. The Bertz CT molecular complexity index is 282. The first-order valence-corrected chi connectivity index (χ1v) is 6.23. The summed E-state index contributed by atoms with van der Waals surface area (Å²) in [6.45, 7) is 2.31. The highest BCUT2D eigenvalue weighted by atomic mass is 16.4. The minimum Gasteiger partial charge on any atom is -0.481 e. The lowest BCUT2D eigenvalue weighted by atomic mass is 9.68. The third kappa shape index (κ3) is 3.70. The number of carboxylic acid groups (broad SMARTS) is 1. The summed E-state index contributed by atoms with van der Waals surface area (Å²) in [6, 6.07) is 0.0193. The largest absolute Gasteiger partial charge is 0.481 e. The first-order valence-electron chi connectivity index (χ1n) is 6.23. The lowest BCUT2D eigenvalue weighted by Gasteiger charge is -2.39. The fraction of sp³-hybridized carbons (Fsp3) is 0.833. The van der Waals surface area contributed by atoms with Crippen LogP contribution in [-0.4, -0.2) is 29.6 Å². The van der Waals surface area contributed by atoms with Gasteiger partial charge in [-0.05, 0) is 32.6 Å². The van der Waals surface area contributed by atoms with Crippen molar-refractivity contribution in [3.05, 3.63) is 0 Å². The molecule has 98 valence electrons. The van der Waals surface area contributed by atoms with Crippen molar-refractivity contribution in [3.63, 3.8) is 0 Å². The van der Waals surface area contributed by atoms with Gasteiger partial charge >= 0.3 is 5.97 Å². The van der Waals surface area contributed by atoms with Crippen LogP contribution in [0.3, 0.4) is 0 Å². The second-order valence-corrected chi connectivity index (χ2v) is 5.00. The van der Waals surface area contributed by atoms with E-state index in [1.165, 1.54) is 0 Å². The van der Waals surface area contributed by atoms with E-state index in [1.807, 2.05) is 6.92 Å². The maximum Gasteiger partial charge on any atom is 0.303 e. The van der Waals surface area contributed by atoms with E-state index in [0.29, 0.717) is 19.4 Å². The summed E-state index contributed by atoms with van der Waals surface area (Å²) >= 11 is 0. The molecule has 1 atom stereocenters. The number of amides is 1. The topological polar surface area (TPSA) is 92.4 Å². The van der Waals surface area contributed by atoms with Crippen molar-refractivity contribution in [2.75, 3.05) is 6.54 Å². The van der Waals surface area contributed by atoms with E-state index < -0.39 is 5.97 Å². The van der Waals surface area contributed by atoms with Gasteiger partial charge in [0.05, 0.1) is 5.41 Å². The zero-order valence-electron chi connectivity index (χ0n) is 10.4. The molecule has 1 amide bonds. The number of hydrogen-bond acceptors (Lipinski definition) is 3. The Kier molecular flexibility index (Phi) is 4.93. The highest BCUT2D eigenvalue weighted by Crippen LogP contribution is 2.40. The van der Waals surface area contributed by atoms with E-state index in [4.69, 9.17) is 10.8 Å². The number of aliphatic carboxylic acids is 1. The van der Waals surface area contributed by atoms with Gasteiger partial charge in [0.1, 0.15) is 0 Å². The molecule has 1 unspecified atom stereocenters. The Morgan fingerprint density at radius 3 is 2.53 bits per heavy atom. The molecule has 0 aromatic carbocycles. The molecule has 0 heterocycles. The zero-order valence-corrected chi connectivity index (χ0v) is 10.4. The van der Waals surface area contributed by atoms with Gasteiger partial charge in [0, 0.05) is 19.0 Å². The number of carbonyl (C=O) groups is 2. The van der Waals surface area contributed by atoms with Crippen LogP contribution in [0, 0.1) is 5.41 Å². The highest BCUT2D eigenvalue weighted by Gasteiger charge is 2.42. The molecule has 5 nitrogen and oxygen atoms in total. The van der Waals surface area contributed by atoms with Crippen molar-refractivity contribution >= 4 is 11.9 Å². The van der Waals surface area contributed by atoms with Crippen LogP contribution >= 0.6 is 0 Å². The van der Waals surface area contributed by atoms with Gasteiger partial charge in [-0.1, -0.05) is 6.42 Å². The lowest BCUT2D eigenvalue weighted by Crippen LogP contribution is -2.52. The summed E-state index contributed by atoms with van der Waals surface area (Å²) in [7, 11) is 0. The van der Waals surface area contributed by atoms with Gasteiger partial charge in [0.25, 0.3) is 0 Å². The second kappa shape index (κ2) is 6.00. The van der Waals surface area contributed by atoms with Crippen LogP contribution in [0.4, 0.5) is 0 Å².